The first-order valence-electron chi connectivity index (χ1n) is 10.0. The Morgan fingerprint density at radius 3 is 2.57 bits per heavy atom. The van der Waals surface area contributed by atoms with Crippen molar-refractivity contribution in [3.63, 3.8) is 0 Å². The number of carboxylic acid groups (broad SMARTS) is 1. The number of carbonyl (C=O) groups is 3. The summed E-state index contributed by atoms with van der Waals surface area (Å²) in [5.41, 5.74) is -0.816. The molecule has 2 rings (SSSR count). The van der Waals surface area contributed by atoms with Crippen LogP contribution in [0.5, 0.6) is 0 Å². The van der Waals surface area contributed by atoms with Gasteiger partial charge in [-0.25, -0.2) is 4.79 Å². The topological polar surface area (TPSA) is 108 Å². The molecule has 28 heavy (non-hydrogen) atoms. The lowest BCUT2D eigenvalue weighted by atomic mass is 9.80. The van der Waals surface area contributed by atoms with Gasteiger partial charge >= 0.3 is 18.0 Å². The molecule has 160 valence electrons. The molecule has 1 saturated carbocycles. The SMILES string of the molecule is CCOC(=O)C1(COC)CCCN(C(=O)NC2CC(N(CC)CC(=O)O)C2)C1. The number of nitrogens with one attached hydrogen (secondary N) is 1. The Balaban J connectivity index is 1.89. The third kappa shape index (κ3) is 5.35. The van der Waals surface area contributed by atoms with E-state index in [1.54, 1.807) is 18.9 Å². The van der Waals surface area contributed by atoms with E-state index in [2.05, 4.69) is 5.32 Å². The fraction of sp³-hybridized carbons (Fsp3) is 0.842. The van der Waals surface area contributed by atoms with Crippen LogP contribution >= 0.6 is 0 Å². The van der Waals surface area contributed by atoms with E-state index in [1.165, 1.54) is 0 Å². The number of urea groups is 1. The van der Waals surface area contributed by atoms with E-state index >= 15 is 0 Å². The quantitative estimate of drug-likeness (QED) is 0.555. The molecule has 0 aromatic heterocycles. The van der Waals surface area contributed by atoms with Crippen molar-refractivity contribution in [3.8, 4) is 0 Å². The fourth-order valence-corrected chi connectivity index (χ4v) is 4.15. The highest BCUT2D eigenvalue weighted by atomic mass is 16.5. The number of carbonyl (C=O) groups excluding carboxylic acids is 2. The summed E-state index contributed by atoms with van der Waals surface area (Å²) in [6.45, 7) is 5.78. The van der Waals surface area contributed by atoms with Crippen LogP contribution in [0.15, 0.2) is 0 Å². The number of carboxylic acids is 1. The smallest absolute Gasteiger partial charge is 0.317 e. The molecular formula is C19H33N3O6. The lowest BCUT2D eigenvalue weighted by Crippen LogP contribution is -2.59. The van der Waals surface area contributed by atoms with Crippen molar-refractivity contribution in [2.45, 2.75) is 51.6 Å². The van der Waals surface area contributed by atoms with Gasteiger partial charge in [0.2, 0.25) is 0 Å². The Kier molecular flexibility index (Phi) is 8.06. The predicted molar refractivity (Wildman–Crippen MR) is 102 cm³/mol. The molecule has 1 aliphatic carbocycles. The molecular weight excluding hydrogens is 366 g/mol. The number of esters is 1. The maximum atomic E-state index is 12.7. The van der Waals surface area contributed by atoms with Gasteiger partial charge in [0.25, 0.3) is 0 Å². The van der Waals surface area contributed by atoms with Gasteiger partial charge in [-0.1, -0.05) is 6.92 Å². The molecule has 2 aliphatic rings. The summed E-state index contributed by atoms with van der Waals surface area (Å²) in [4.78, 5) is 39.7. The van der Waals surface area contributed by atoms with Crippen LogP contribution in [0.25, 0.3) is 0 Å². The van der Waals surface area contributed by atoms with Gasteiger partial charge in [0.15, 0.2) is 0 Å². The zero-order valence-electron chi connectivity index (χ0n) is 17.1. The van der Waals surface area contributed by atoms with Gasteiger partial charge in [-0.2, -0.15) is 0 Å². The molecule has 0 aromatic rings. The number of piperidine rings is 1. The Hall–Kier alpha value is -1.87. The Labute approximate surface area is 166 Å². The number of rotatable bonds is 9. The molecule has 1 atom stereocenters. The van der Waals surface area contributed by atoms with Gasteiger partial charge in [0, 0.05) is 32.3 Å². The average Bonchev–Trinajstić information content (AvgIpc) is 2.63. The first-order valence-corrected chi connectivity index (χ1v) is 10.0. The largest absolute Gasteiger partial charge is 0.480 e. The van der Waals surface area contributed by atoms with Crippen molar-refractivity contribution >= 4 is 18.0 Å². The summed E-state index contributed by atoms with van der Waals surface area (Å²) in [6, 6.07) is 0.0239. The van der Waals surface area contributed by atoms with E-state index in [-0.39, 0.29) is 43.8 Å². The van der Waals surface area contributed by atoms with E-state index in [0.717, 1.165) is 12.8 Å². The van der Waals surface area contributed by atoms with Gasteiger partial charge in [-0.15, -0.1) is 0 Å². The van der Waals surface area contributed by atoms with Crippen molar-refractivity contribution in [2.75, 3.05) is 46.5 Å². The lowest BCUT2D eigenvalue weighted by Gasteiger charge is -2.44. The standard InChI is InChI=1S/C19H33N3O6/c1-4-21(11-16(23)24)15-9-14(10-15)20-18(26)22-8-6-7-19(12-22,13-27-3)17(25)28-5-2/h14-15H,4-13H2,1-3H3,(H,20,26)(H,23,24). The van der Waals surface area contributed by atoms with Crippen LogP contribution < -0.4 is 5.32 Å². The minimum absolute atomic E-state index is 0.0209. The number of likely N-dealkylation sites (tertiary alicyclic amines) is 1. The van der Waals surface area contributed by atoms with Gasteiger partial charge in [-0.3, -0.25) is 14.5 Å². The summed E-state index contributed by atoms with van der Waals surface area (Å²) in [5.74, 6) is -1.15. The fourth-order valence-electron chi connectivity index (χ4n) is 4.15. The van der Waals surface area contributed by atoms with Crippen LogP contribution in [0.2, 0.25) is 0 Å². The third-order valence-electron chi connectivity index (χ3n) is 5.69. The Morgan fingerprint density at radius 2 is 2.00 bits per heavy atom. The number of likely N-dealkylation sites (N-methyl/N-ethyl adjacent to an activating group) is 1. The van der Waals surface area contributed by atoms with Crippen LogP contribution in [0.1, 0.15) is 39.5 Å². The second-order valence-corrected chi connectivity index (χ2v) is 7.69. The molecule has 1 unspecified atom stereocenters. The Morgan fingerprint density at radius 1 is 1.29 bits per heavy atom. The van der Waals surface area contributed by atoms with Crippen molar-refractivity contribution in [2.24, 2.45) is 5.41 Å². The molecule has 1 aliphatic heterocycles. The number of methoxy groups -OCH3 is 1. The molecule has 2 N–H and O–H groups in total. The van der Waals surface area contributed by atoms with Crippen LogP contribution in [0, 0.1) is 5.41 Å². The molecule has 0 spiro atoms. The zero-order chi connectivity index (χ0) is 20.7. The summed E-state index contributed by atoms with van der Waals surface area (Å²) in [6.07, 6.45) is 2.82. The van der Waals surface area contributed by atoms with Gasteiger partial charge in [0.05, 0.1) is 19.8 Å². The summed E-state index contributed by atoms with van der Waals surface area (Å²) >= 11 is 0. The number of hydrogen-bond acceptors (Lipinski definition) is 6. The van der Waals surface area contributed by atoms with E-state index in [9.17, 15) is 14.4 Å². The number of aliphatic carboxylic acids is 1. The zero-order valence-corrected chi connectivity index (χ0v) is 17.1. The predicted octanol–water partition coefficient (Wildman–Crippen LogP) is 0.925. The third-order valence-corrected chi connectivity index (χ3v) is 5.69. The van der Waals surface area contributed by atoms with Crippen LogP contribution in [0.3, 0.4) is 0 Å². The maximum absolute atomic E-state index is 12.7. The van der Waals surface area contributed by atoms with E-state index in [0.29, 0.717) is 32.5 Å². The van der Waals surface area contributed by atoms with Gasteiger partial charge in [0.1, 0.15) is 5.41 Å². The number of hydrogen-bond donors (Lipinski definition) is 2. The van der Waals surface area contributed by atoms with Crippen LogP contribution in [-0.4, -0.2) is 91.5 Å². The summed E-state index contributed by atoms with van der Waals surface area (Å²) in [5, 5.41) is 12.0. The molecule has 2 fully saturated rings. The minimum atomic E-state index is -0.837. The molecule has 0 bridgehead atoms. The minimum Gasteiger partial charge on any atom is -0.480 e. The molecule has 9 heteroatoms. The number of ether oxygens (including phenoxy) is 2. The van der Waals surface area contributed by atoms with Gasteiger partial charge < -0.3 is 24.8 Å². The lowest BCUT2D eigenvalue weighted by molar-refractivity contribution is -0.162. The monoisotopic (exact) mass is 399 g/mol. The van der Waals surface area contributed by atoms with Crippen molar-refractivity contribution in [1.82, 2.24) is 15.1 Å². The van der Waals surface area contributed by atoms with Gasteiger partial charge in [-0.05, 0) is 39.2 Å². The number of amides is 2. The maximum Gasteiger partial charge on any atom is 0.317 e. The van der Waals surface area contributed by atoms with Crippen molar-refractivity contribution < 1.29 is 29.0 Å². The second-order valence-electron chi connectivity index (χ2n) is 7.69. The van der Waals surface area contributed by atoms with Crippen molar-refractivity contribution in [1.29, 1.82) is 0 Å². The summed E-state index contributed by atoms with van der Waals surface area (Å²) < 4.78 is 10.5. The molecule has 0 aromatic carbocycles. The van der Waals surface area contributed by atoms with Crippen LogP contribution in [0.4, 0.5) is 4.79 Å². The molecule has 0 radical (unpaired) electrons. The number of nitrogens with zero attached hydrogens (tertiary/aromatic N) is 2. The highest BCUT2D eigenvalue weighted by Gasteiger charge is 2.45. The molecule has 1 saturated heterocycles. The van der Waals surface area contributed by atoms with E-state index in [4.69, 9.17) is 14.6 Å². The molecule has 9 nitrogen and oxygen atoms in total. The second kappa shape index (κ2) is 10.1. The Bertz CT molecular complexity index is 562. The molecule has 1 heterocycles. The summed E-state index contributed by atoms with van der Waals surface area (Å²) in [7, 11) is 1.55. The highest BCUT2D eigenvalue weighted by Crippen LogP contribution is 2.33. The van der Waals surface area contributed by atoms with E-state index < -0.39 is 11.4 Å². The normalized spacial score (nSPS) is 27.2. The first-order chi connectivity index (χ1) is 13.3. The highest BCUT2D eigenvalue weighted by molar-refractivity contribution is 5.80. The van der Waals surface area contributed by atoms with Crippen molar-refractivity contribution in [3.05, 3.63) is 0 Å². The average molecular weight is 399 g/mol. The first kappa shape index (κ1) is 22.4. The van der Waals surface area contributed by atoms with Crippen LogP contribution in [-0.2, 0) is 19.1 Å². The molecule has 2 amide bonds. The van der Waals surface area contributed by atoms with E-state index in [1.807, 2.05) is 11.8 Å².